The van der Waals surface area contributed by atoms with Gasteiger partial charge in [0.15, 0.2) is 0 Å². The van der Waals surface area contributed by atoms with Gasteiger partial charge >= 0.3 is 5.97 Å². The molecule has 3 aromatic rings. The van der Waals surface area contributed by atoms with Crippen molar-refractivity contribution in [3.8, 4) is 0 Å². The van der Waals surface area contributed by atoms with Crippen LogP contribution in [0.25, 0.3) is 0 Å². The molecule has 5 nitrogen and oxygen atoms in total. The van der Waals surface area contributed by atoms with E-state index in [9.17, 15) is 4.79 Å². The van der Waals surface area contributed by atoms with Crippen LogP contribution < -0.4 is 0 Å². The summed E-state index contributed by atoms with van der Waals surface area (Å²) in [4.78, 5) is 11.4. The van der Waals surface area contributed by atoms with Crippen LogP contribution in [0.2, 0.25) is 0 Å². The first-order chi connectivity index (χ1) is 12.7. The number of hydrogen-bond acceptors (Lipinski definition) is 6. The number of carbonyl (C=O) groups is 1. The van der Waals surface area contributed by atoms with Crippen LogP contribution in [0, 0.1) is 0 Å². The van der Waals surface area contributed by atoms with Crippen LogP contribution in [0.4, 0.5) is 0 Å². The fraction of sp³-hybridized carbons (Fsp3) is 0.250. The van der Waals surface area contributed by atoms with Crippen LogP contribution in [-0.2, 0) is 16.9 Å². The molecule has 1 aromatic heterocycles. The predicted molar refractivity (Wildman–Crippen MR) is 100 cm³/mol. The topological polar surface area (TPSA) is 65.2 Å². The fourth-order valence-electron chi connectivity index (χ4n) is 2.54. The van der Waals surface area contributed by atoms with Gasteiger partial charge in [0.2, 0.25) is 5.89 Å². The second kappa shape index (κ2) is 8.67. The molecule has 0 radical (unpaired) electrons. The molecule has 1 unspecified atom stereocenters. The van der Waals surface area contributed by atoms with Gasteiger partial charge in [-0.05, 0) is 29.2 Å². The molecule has 0 spiro atoms. The lowest BCUT2D eigenvalue weighted by atomic mass is 9.98. The largest absolute Gasteiger partial charge is 0.465 e. The van der Waals surface area contributed by atoms with Crippen LogP contribution >= 0.6 is 11.8 Å². The van der Waals surface area contributed by atoms with Gasteiger partial charge in [-0.2, -0.15) is 0 Å². The smallest absolute Gasteiger partial charge is 0.337 e. The fourth-order valence-corrected chi connectivity index (χ4v) is 3.28. The number of esters is 1. The quantitative estimate of drug-likeness (QED) is 0.452. The zero-order valence-electron chi connectivity index (χ0n) is 14.7. The van der Waals surface area contributed by atoms with Gasteiger partial charge in [-0.1, -0.05) is 61.2 Å². The third-order valence-corrected chi connectivity index (χ3v) is 4.92. The van der Waals surface area contributed by atoms with Gasteiger partial charge in [0.25, 0.3) is 5.22 Å². The lowest BCUT2D eigenvalue weighted by Crippen LogP contribution is -2.00. The van der Waals surface area contributed by atoms with Crippen LogP contribution in [0.3, 0.4) is 0 Å². The van der Waals surface area contributed by atoms with E-state index in [0.29, 0.717) is 34.8 Å². The molecule has 2 aromatic carbocycles. The highest BCUT2D eigenvalue weighted by Crippen LogP contribution is 2.24. The summed E-state index contributed by atoms with van der Waals surface area (Å²) in [7, 11) is 1.37. The Labute approximate surface area is 156 Å². The number of aromatic nitrogens is 2. The van der Waals surface area contributed by atoms with Crippen molar-refractivity contribution in [2.24, 2.45) is 0 Å². The van der Waals surface area contributed by atoms with Gasteiger partial charge in [-0.15, -0.1) is 10.2 Å². The Hall–Kier alpha value is -2.60. The number of methoxy groups -OCH3 is 1. The molecule has 6 heteroatoms. The third-order valence-electron chi connectivity index (χ3n) is 4.04. The van der Waals surface area contributed by atoms with E-state index < -0.39 is 0 Å². The molecule has 0 saturated carbocycles. The zero-order chi connectivity index (χ0) is 18.4. The number of nitrogens with zero attached hydrogens (tertiary/aromatic N) is 2. The van der Waals surface area contributed by atoms with E-state index in [1.54, 1.807) is 12.1 Å². The van der Waals surface area contributed by atoms with Gasteiger partial charge in [0, 0.05) is 12.2 Å². The van der Waals surface area contributed by atoms with Crippen molar-refractivity contribution in [3.63, 3.8) is 0 Å². The van der Waals surface area contributed by atoms with Gasteiger partial charge in [0.05, 0.1) is 12.7 Å². The summed E-state index contributed by atoms with van der Waals surface area (Å²) in [5, 5.41) is 8.81. The van der Waals surface area contributed by atoms with E-state index >= 15 is 0 Å². The molecule has 1 heterocycles. The Bertz CT molecular complexity index is 847. The number of ether oxygens (including phenoxy) is 1. The minimum atomic E-state index is -0.335. The molecule has 0 aliphatic heterocycles. The molecule has 0 fully saturated rings. The van der Waals surface area contributed by atoms with Crippen LogP contribution in [0.5, 0.6) is 0 Å². The molecule has 0 saturated heterocycles. The Kier molecular flexibility index (Phi) is 6.07. The summed E-state index contributed by atoms with van der Waals surface area (Å²) in [6.07, 6.45) is 0.714. The first-order valence-corrected chi connectivity index (χ1v) is 9.31. The Morgan fingerprint density at radius 2 is 1.85 bits per heavy atom. The van der Waals surface area contributed by atoms with Crippen LogP contribution in [0.1, 0.15) is 40.2 Å². The van der Waals surface area contributed by atoms with Crippen molar-refractivity contribution in [1.82, 2.24) is 10.2 Å². The number of rotatable bonds is 7. The van der Waals surface area contributed by atoms with Crippen molar-refractivity contribution in [3.05, 3.63) is 77.2 Å². The maximum atomic E-state index is 11.4. The second-order valence-electron chi connectivity index (χ2n) is 5.95. The molecule has 0 bridgehead atoms. The van der Waals surface area contributed by atoms with E-state index in [4.69, 9.17) is 9.15 Å². The summed E-state index contributed by atoms with van der Waals surface area (Å²) >= 11 is 1.48. The molecule has 134 valence electrons. The lowest BCUT2D eigenvalue weighted by molar-refractivity contribution is 0.0600. The summed E-state index contributed by atoms with van der Waals surface area (Å²) in [5.41, 5.74) is 2.86. The number of carbonyl (C=O) groups excluding carboxylic acids is 1. The summed E-state index contributed by atoms with van der Waals surface area (Å²) in [5.74, 6) is 1.32. The highest BCUT2D eigenvalue weighted by atomic mass is 32.2. The van der Waals surface area contributed by atoms with Crippen molar-refractivity contribution < 1.29 is 13.9 Å². The van der Waals surface area contributed by atoms with Gasteiger partial charge < -0.3 is 9.15 Å². The van der Waals surface area contributed by atoms with E-state index in [-0.39, 0.29) is 5.97 Å². The Morgan fingerprint density at radius 1 is 1.12 bits per heavy atom. The van der Waals surface area contributed by atoms with Crippen molar-refractivity contribution in [1.29, 1.82) is 0 Å². The minimum Gasteiger partial charge on any atom is -0.465 e. The molecular weight excluding hydrogens is 348 g/mol. The maximum Gasteiger partial charge on any atom is 0.337 e. The van der Waals surface area contributed by atoms with Crippen LogP contribution in [0.15, 0.2) is 64.2 Å². The maximum absolute atomic E-state index is 11.4. The average molecular weight is 368 g/mol. The predicted octanol–water partition coefficient (Wildman–Crippen LogP) is 4.49. The first-order valence-electron chi connectivity index (χ1n) is 8.33. The third kappa shape index (κ3) is 4.73. The molecular formula is C20H20N2O3S. The molecule has 0 amide bonds. The van der Waals surface area contributed by atoms with E-state index in [1.807, 2.05) is 30.3 Å². The van der Waals surface area contributed by atoms with Gasteiger partial charge in [0.1, 0.15) is 0 Å². The molecule has 0 N–H and O–H groups in total. The molecule has 3 rings (SSSR count). The molecule has 0 aliphatic rings. The van der Waals surface area contributed by atoms with Crippen molar-refractivity contribution in [2.75, 3.05) is 7.11 Å². The zero-order valence-corrected chi connectivity index (χ0v) is 15.5. The summed E-state index contributed by atoms with van der Waals surface area (Å²) in [6, 6.07) is 17.6. The van der Waals surface area contributed by atoms with Crippen molar-refractivity contribution >= 4 is 17.7 Å². The van der Waals surface area contributed by atoms with Gasteiger partial charge in [-0.3, -0.25) is 0 Å². The Morgan fingerprint density at radius 3 is 2.54 bits per heavy atom. The number of thioether (sulfide) groups is 1. The normalized spacial score (nSPS) is 11.9. The summed E-state index contributed by atoms with van der Waals surface area (Å²) < 4.78 is 10.4. The van der Waals surface area contributed by atoms with Crippen molar-refractivity contribution in [2.45, 2.75) is 30.2 Å². The number of hydrogen-bond donors (Lipinski definition) is 0. The Balaban J connectivity index is 1.54. The van der Waals surface area contributed by atoms with E-state index in [2.05, 4.69) is 29.3 Å². The van der Waals surface area contributed by atoms with Gasteiger partial charge in [-0.25, -0.2) is 4.79 Å². The molecule has 1 atom stereocenters. The van der Waals surface area contributed by atoms with E-state index in [1.165, 1.54) is 24.4 Å². The number of benzene rings is 2. The monoisotopic (exact) mass is 368 g/mol. The molecule has 26 heavy (non-hydrogen) atoms. The average Bonchev–Trinajstić information content (AvgIpc) is 3.14. The van der Waals surface area contributed by atoms with E-state index in [0.717, 1.165) is 5.56 Å². The standard InChI is InChI=1S/C20H20N2O3S/c1-14(16-6-4-3-5-7-16)12-18-21-22-20(25-18)26-13-15-8-10-17(11-9-15)19(23)24-2/h3-11,14H,12-13H2,1-2H3. The SMILES string of the molecule is COC(=O)c1ccc(CSc2nnc(CC(C)c3ccccc3)o2)cc1. The highest BCUT2D eigenvalue weighted by Gasteiger charge is 2.13. The first kappa shape index (κ1) is 18.2. The molecule has 0 aliphatic carbocycles. The second-order valence-corrected chi connectivity index (χ2v) is 6.88. The summed E-state index contributed by atoms with van der Waals surface area (Å²) in [6.45, 7) is 2.15. The highest BCUT2D eigenvalue weighted by molar-refractivity contribution is 7.98. The van der Waals surface area contributed by atoms with Crippen LogP contribution in [-0.4, -0.2) is 23.3 Å². The lowest BCUT2D eigenvalue weighted by Gasteiger charge is -2.08. The minimum absolute atomic E-state index is 0.320.